The Kier molecular flexibility index (Phi) is 3.60. The molecule has 0 saturated carbocycles. The van der Waals surface area contributed by atoms with Crippen LogP contribution < -0.4 is 5.32 Å². The Morgan fingerprint density at radius 1 is 1.57 bits per heavy atom. The number of hydrogen-bond donors (Lipinski definition) is 2. The molecule has 0 spiro atoms. The third-order valence-electron chi connectivity index (χ3n) is 4.12. The van der Waals surface area contributed by atoms with Gasteiger partial charge < -0.3 is 15.2 Å². The number of H-pyrrole nitrogens is 1. The maximum absolute atomic E-state index is 11.9. The van der Waals surface area contributed by atoms with Crippen LogP contribution in [0.2, 0.25) is 0 Å². The Balaban J connectivity index is 1.82. The first-order chi connectivity index (χ1) is 10.2. The molecule has 0 aliphatic carbocycles. The Morgan fingerprint density at radius 3 is 3.24 bits per heavy atom. The van der Waals surface area contributed by atoms with Gasteiger partial charge in [0, 0.05) is 24.8 Å². The highest BCUT2D eigenvalue weighted by Gasteiger charge is 2.30. The molecule has 2 N–H and O–H groups in total. The van der Waals surface area contributed by atoms with Crippen molar-refractivity contribution in [1.82, 2.24) is 19.9 Å². The minimum atomic E-state index is -0.0107. The summed E-state index contributed by atoms with van der Waals surface area (Å²) >= 11 is 0. The lowest BCUT2D eigenvalue weighted by molar-refractivity contribution is -0.129. The smallest absolute Gasteiger partial charge is 0.246 e. The van der Waals surface area contributed by atoms with Crippen molar-refractivity contribution in [1.29, 1.82) is 0 Å². The lowest BCUT2D eigenvalue weighted by Crippen LogP contribution is -2.51. The molecule has 1 aliphatic heterocycles. The normalized spacial score (nSPS) is 22.2. The summed E-state index contributed by atoms with van der Waals surface area (Å²) in [6, 6.07) is 2.24. The summed E-state index contributed by atoms with van der Waals surface area (Å²) in [5.74, 6) is 0.800. The lowest BCUT2D eigenvalue weighted by Gasteiger charge is -2.39. The van der Waals surface area contributed by atoms with Gasteiger partial charge in [-0.25, -0.2) is 9.97 Å². The first kappa shape index (κ1) is 13.6. The SMILES string of the molecule is C=CC(=O)N1CCCC(Nc2ncnc3[nH]ccc23)C1C. The number of carbonyl (C=O) groups excluding carboxylic acids is 1. The lowest BCUT2D eigenvalue weighted by atomic mass is 9.97. The largest absolute Gasteiger partial charge is 0.365 e. The monoisotopic (exact) mass is 285 g/mol. The topological polar surface area (TPSA) is 73.9 Å². The number of nitrogens with one attached hydrogen (secondary N) is 2. The van der Waals surface area contributed by atoms with E-state index in [1.165, 1.54) is 6.08 Å². The summed E-state index contributed by atoms with van der Waals surface area (Å²) in [4.78, 5) is 25.4. The summed E-state index contributed by atoms with van der Waals surface area (Å²) < 4.78 is 0. The molecule has 6 nitrogen and oxygen atoms in total. The average molecular weight is 285 g/mol. The van der Waals surface area contributed by atoms with E-state index in [1.54, 1.807) is 6.33 Å². The summed E-state index contributed by atoms with van der Waals surface area (Å²) in [6.45, 7) is 6.43. The molecule has 1 fully saturated rings. The Bertz CT molecular complexity index is 665. The Hall–Kier alpha value is -2.37. The first-order valence-corrected chi connectivity index (χ1v) is 7.18. The molecule has 2 aromatic heterocycles. The number of hydrogen-bond acceptors (Lipinski definition) is 4. The summed E-state index contributed by atoms with van der Waals surface area (Å²) in [7, 11) is 0. The van der Waals surface area contributed by atoms with Crippen molar-refractivity contribution in [2.45, 2.75) is 31.8 Å². The van der Waals surface area contributed by atoms with Crippen LogP contribution in [0.3, 0.4) is 0 Å². The number of rotatable bonds is 3. The second-order valence-corrected chi connectivity index (χ2v) is 5.33. The van der Waals surface area contributed by atoms with Crippen LogP contribution in [-0.4, -0.2) is 44.4 Å². The molecule has 3 rings (SSSR count). The van der Waals surface area contributed by atoms with Crippen LogP contribution in [0.15, 0.2) is 31.2 Å². The third kappa shape index (κ3) is 2.49. The fourth-order valence-corrected chi connectivity index (χ4v) is 2.93. The molecule has 1 amide bonds. The maximum atomic E-state index is 11.9. The van der Waals surface area contributed by atoms with Crippen molar-refractivity contribution >= 4 is 22.8 Å². The van der Waals surface area contributed by atoms with Gasteiger partial charge >= 0.3 is 0 Å². The highest BCUT2D eigenvalue weighted by atomic mass is 16.2. The van der Waals surface area contributed by atoms with Crippen LogP contribution in [0.1, 0.15) is 19.8 Å². The zero-order valence-electron chi connectivity index (χ0n) is 12.0. The van der Waals surface area contributed by atoms with Crippen LogP contribution in [0.5, 0.6) is 0 Å². The average Bonchev–Trinajstić information content (AvgIpc) is 2.98. The number of nitrogens with zero attached hydrogens (tertiary/aromatic N) is 3. The molecular formula is C15H19N5O. The van der Waals surface area contributed by atoms with Crippen LogP contribution in [0.4, 0.5) is 5.82 Å². The van der Waals surface area contributed by atoms with Crippen molar-refractivity contribution in [3.63, 3.8) is 0 Å². The fourth-order valence-electron chi connectivity index (χ4n) is 2.93. The molecule has 0 bridgehead atoms. The zero-order chi connectivity index (χ0) is 14.8. The first-order valence-electron chi connectivity index (χ1n) is 7.18. The molecule has 1 aliphatic rings. The number of anilines is 1. The van der Waals surface area contributed by atoms with Crippen LogP contribution in [-0.2, 0) is 4.79 Å². The fraction of sp³-hybridized carbons (Fsp3) is 0.400. The zero-order valence-corrected chi connectivity index (χ0v) is 12.0. The van der Waals surface area contributed by atoms with E-state index in [1.807, 2.05) is 17.2 Å². The van der Waals surface area contributed by atoms with Crippen molar-refractivity contribution in [3.8, 4) is 0 Å². The predicted molar refractivity (Wildman–Crippen MR) is 81.9 cm³/mol. The van der Waals surface area contributed by atoms with Gasteiger partial charge in [0.15, 0.2) is 0 Å². The van der Waals surface area contributed by atoms with E-state index >= 15 is 0 Å². The van der Waals surface area contributed by atoms with Gasteiger partial charge in [-0.05, 0) is 31.9 Å². The number of fused-ring (bicyclic) bond motifs is 1. The van der Waals surface area contributed by atoms with Crippen molar-refractivity contribution in [2.75, 3.05) is 11.9 Å². The van der Waals surface area contributed by atoms with Gasteiger partial charge in [-0.1, -0.05) is 6.58 Å². The number of amides is 1. The summed E-state index contributed by atoms with van der Waals surface area (Å²) in [6.07, 6.45) is 6.76. The summed E-state index contributed by atoms with van der Waals surface area (Å²) in [5, 5.41) is 4.44. The number of aromatic amines is 1. The highest BCUT2D eigenvalue weighted by molar-refractivity contribution is 5.88. The van der Waals surface area contributed by atoms with Crippen LogP contribution in [0.25, 0.3) is 11.0 Å². The number of piperidine rings is 1. The van der Waals surface area contributed by atoms with Gasteiger partial charge in [0.05, 0.1) is 5.39 Å². The van der Waals surface area contributed by atoms with Crippen molar-refractivity contribution in [2.24, 2.45) is 0 Å². The molecule has 3 heterocycles. The predicted octanol–water partition coefficient (Wildman–Crippen LogP) is 1.94. The van der Waals surface area contributed by atoms with Crippen LogP contribution >= 0.6 is 0 Å². The molecular weight excluding hydrogens is 266 g/mol. The van der Waals surface area contributed by atoms with Crippen LogP contribution in [0, 0.1) is 0 Å². The van der Waals surface area contributed by atoms with E-state index in [2.05, 4.69) is 33.8 Å². The molecule has 2 atom stereocenters. The van der Waals surface area contributed by atoms with E-state index in [9.17, 15) is 4.79 Å². The molecule has 0 radical (unpaired) electrons. The molecule has 2 aromatic rings. The van der Waals surface area contributed by atoms with E-state index in [0.29, 0.717) is 0 Å². The van der Waals surface area contributed by atoms with Crippen molar-refractivity contribution in [3.05, 3.63) is 31.2 Å². The third-order valence-corrected chi connectivity index (χ3v) is 4.12. The van der Waals surface area contributed by atoms with Gasteiger partial charge in [-0.15, -0.1) is 0 Å². The Labute approximate surface area is 123 Å². The second kappa shape index (κ2) is 5.55. The van der Waals surface area contributed by atoms with E-state index in [0.717, 1.165) is 36.2 Å². The number of likely N-dealkylation sites (tertiary alicyclic amines) is 1. The molecule has 6 heteroatoms. The molecule has 2 unspecified atom stereocenters. The molecule has 1 saturated heterocycles. The second-order valence-electron chi connectivity index (χ2n) is 5.33. The highest BCUT2D eigenvalue weighted by Crippen LogP contribution is 2.24. The minimum absolute atomic E-state index is 0.0107. The molecule has 21 heavy (non-hydrogen) atoms. The minimum Gasteiger partial charge on any atom is -0.365 e. The van der Waals surface area contributed by atoms with Gasteiger partial charge in [-0.3, -0.25) is 4.79 Å². The van der Waals surface area contributed by atoms with E-state index < -0.39 is 0 Å². The summed E-state index contributed by atoms with van der Waals surface area (Å²) in [5.41, 5.74) is 0.815. The molecule has 0 aromatic carbocycles. The number of aromatic nitrogens is 3. The van der Waals surface area contributed by atoms with Gasteiger partial charge in [0.2, 0.25) is 5.91 Å². The molecule has 110 valence electrons. The quantitative estimate of drug-likeness (QED) is 0.845. The standard InChI is InChI=1S/C15H19N5O/c1-3-13(21)20-8-4-5-12(10(20)2)19-15-11-6-7-16-14(11)17-9-18-15/h3,6-7,9-10,12H,1,4-5,8H2,2H3,(H2,16,17,18,19). The van der Waals surface area contributed by atoms with Gasteiger partial charge in [0.1, 0.15) is 17.8 Å². The Morgan fingerprint density at radius 2 is 2.43 bits per heavy atom. The van der Waals surface area contributed by atoms with Crippen molar-refractivity contribution < 1.29 is 4.79 Å². The van der Waals surface area contributed by atoms with E-state index in [4.69, 9.17) is 0 Å². The van der Waals surface area contributed by atoms with E-state index in [-0.39, 0.29) is 18.0 Å². The maximum Gasteiger partial charge on any atom is 0.246 e. The van der Waals surface area contributed by atoms with Gasteiger partial charge in [0.25, 0.3) is 0 Å². The number of carbonyl (C=O) groups is 1. The van der Waals surface area contributed by atoms with Gasteiger partial charge in [-0.2, -0.15) is 0 Å².